The summed E-state index contributed by atoms with van der Waals surface area (Å²) in [6, 6.07) is 0. The molecule has 0 saturated carbocycles. The van der Waals surface area contributed by atoms with Crippen LogP contribution in [0.15, 0.2) is 0 Å². The van der Waals surface area contributed by atoms with E-state index in [1.54, 1.807) is 11.8 Å². The van der Waals surface area contributed by atoms with E-state index < -0.39 is 0 Å². The summed E-state index contributed by atoms with van der Waals surface area (Å²) in [5, 5.41) is 2.57. The predicted octanol–water partition coefficient (Wildman–Crippen LogP) is 1.44. The molecular weight excluding hydrogens is 150 g/mol. The molecule has 0 atom stereocenters. The number of hydrogen-bond acceptors (Lipinski definition) is 3. The third-order valence-electron chi connectivity index (χ3n) is 0.704. The molecule has 0 radical (unpaired) electrons. The molecule has 1 amide bonds. The first-order valence-corrected chi connectivity index (χ1v) is 4.49. The fraction of sp³-hybridized carbons (Fsp3) is 0.833. The lowest BCUT2D eigenvalue weighted by atomic mass is 10.5. The number of ether oxygens (including phenoxy) is 1. The summed E-state index contributed by atoms with van der Waals surface area (Å²) in [7, 11) is 0. The summed E-state index contributed by atoms with van der Waals surface area (Å²) >= 11 is 1.55. The van der Waals surface area contributed by atoms with Crippen LogP contribution < -0.4 is 5.32 Å². The van der Waals surface area contributed by atoms with E-state index in [-0.39, 0.29) is 12.2 Å². The highest BCUT2D eigenvalue weighted by Gasteiger charge is 2.01. The van der Waals surface area contributed by atoms with Crippen LogP contribution >= 0.6 is 11.8 Å². The Bertz CT molecular complexity index is 106. The highest BCUT2D eigenvalue weighted by molar-refractivity contribution is 7.98. The molecule has 1 N–H and O–H groups in total. The average molecular weight is 163 g/mol. The van der Waals surface area contributed by atoms with Gasteiger partial charge < -0.3 is 10.1 Å². The first-order chi connectivity index (χ1) is 4.66. The Morgan fingerprint density at radius 3 is 2.70 bits per heavy atom. The van der Waals surface area contributed by atoms with Gasteiger partial charge in [-0.15, -0.1) is 11.8 Å². The van der Waals surface area contributed by atoms with Crippen molar-refractivity contribution < 1.29 is 9.53 Å². The molecule has 0 unspecified atom stereocenters. The number of hydrogen-bond donors (Lipinski definition) is 1. The molecule has 0 aromatic heterocycles. The van der Waals surface area contributed by atoms with Crippen LogP contribution in [-0.4, -0.2) is 24.3 Å². The third-order valence-corrected chi connectivity index (χ3v) is 1.14. The Hall–Kier alpha value is -0.380. The van der Waals surface area contributed by atoms with Gasteiger partial charge in [0, 0.05) is 0 Å². The van der Waals surface area contributed by atoms with Gasteiger partial charge in [-0.2, -0.15) is 0 Å². The zero-order chi connectivity index (χ0) is 7.98. The topological polar surface area (TPSA) is 38.3 Å². The van der Waals surface area contributed by atoms with Crippen LogP contribution in [0, 0.1) is 0 Å². The molecule has 0 aromatic carbocycles. The second-order valence-electron chi connectivity index (χ2n) is 2.06. The van der Waals surface area contributed by atoms with Crippen LogP contribution in [0.3, 0.4) is 0 Å². The van der Waals surface area contributed by atoms with Gasteiger partial charge in [0.25, 0.3) is 0 Å². The summed E-state index contributed by atoms with van der Waals surface area (Å²) in [5.74, 6) is 0.603. The highest BCUT2D eigenvalue weighted by Crippen LogP contribution is 1.90. The first-order valence-electron chi connectivity index (χ1n) is 3.10. The molecule has 0 fully saturated rings. The van der Waals surface area contributed by atoms with E-state index in [0.717, 1.165) is 0 Å². The minimum atomic E-state index is -0.343. The van der Waals surface area contributed by atoms with Crippen molar-refractivity contribution in [1.82, 2.24) is 5.32 Å². The maximum absolute atomic E-state index is 10.7. The maximum atomic E-state index is 10.7. The molecule has 0 aliphatic heterocycles. The number of alkyl carbamates (subject to hydrolysis) is 1. The van der Waals surface area contributed by atoms with Gasteiger partial charge in [-0.05, 0) is 20.1 Å². The smallest absolute Gasteiger partial charge is 0.408 e. The van der Waals surface area contributed by atoms with Crippen LogP contribution in [0.4, 0.5) is 4.79 Å². The van der Waals surface area contributed by atoms with Gasteiger partial charge in [-0.3, -0.25) is 0 Å². The number of nitrogens with one attached hydrogen (secondary N) is 1. The van der Waals surface area contributed by atoms with Crippen molar-refractivity contribution in [2.45, 2.75) is 20.0 Å². The number of rotatable bonds is 3. The van der Waals surface area contributed by atoms with Crippen molar-refractivity contribution in [2.75, 3.05) is 12.1 Å². The lowest BCUT2D eigenvalue weighted by Crippen LogP contribution is -2.26. The van der Waals surface area contributed by atoms with Crippen LogP contribution in [-0.2, 0) is 4.74 Å². The minimum Gasteiger partial charge on any atom is -0.447 e. The standard InChI is InChI=1S/C6H13NO2S/c1-5(2)9-6(8)7-4-10-3/h5H,4H2,1-3H3,(H,7,8). The monoisotopic (exact) mass is 163 g/mol. The lowest BCUT2D eigenvalue weighted by Gasteiger charge is -2.07. The predicted molar refractivity (Wildman–Crippen MR) is 43.1 cm³/mol. The first kappa shape index (κ1) is 9.62. The van der Waals surface area contributed by atoms with Crippen LogP contribution in [0.2, 0.25) is 0 Å². The summed E-state index contributed by atoms with van der Waals surface area (Å²) < 4.78 is 4.79. The number of carbonyl (C=O) groups is 1. The second kappa shape index (κ2) is 5.41. The molecule has 60 valence electrons. The lowest BCUT2D eigenvalue weighted by molar-refractivity contribution is 0.117. The van der Waals surface area contributed by atoms with Crippen molar-refractivity contribution >= 4 is 17.9 Å². The van der Waals surface area contributed by atoms with Gasteiger partial charge in [0.2, 0.25) is 0 Å². The number of amides is 1. The zero-order valence-electron chi connectivity index (χ0n) is 6.51. The van der Waals surface area contributed by atoms with Gasteiger partial charge in [-0.25, -0.2) is 4.79 Å². The quantitative estimate of drug-likeness (QED) is 0.640. The van der Waals surface area contributed by atoms with E-state index in [0.29, 0.717) is 5.88 Å². The van der Waals surface area contributed by atoms with Gasteiger partial charge in [-0.1, -0.05) is 0 Å². The van der Waals surface area contributed by atoms with Crippen LogP contribution in [0.5, 0.6) is 0 Å². The van der Waals surface area contributed by atoms with Gasteiger partial charge in [0.1, 0.15) is 0 Å². The summed E-state index contributed by atoms with van der Waals surface area (Å²) in [6.45, 7) is 3.64. The van der Waals surface area contributed by atoms with Gasteiger partial charge >= 0.3 is 6.09 Å². The van der Waals surface area contributed by atoms with Crippen LogP contribution in [0.1, 0.15) is 13.8 Å². The van der Waals surface area contributed by atoms with Gasteiger partial charge in [0.05, 0.1) is 12.0 Å². The van der Waals surface area contributed by atoms with E-state index >= 15 is 0 Å². The van der Waals surface area contributed by atoms with Crippen molar-refractivity contribution in [3.05, 3.63) is 0 Å². The minimum absolute atomic E-state index is 0.0399. The molecule has 0 heterocycles. The average Bonchev–Trinajstić information content (AvgIpc) is 1.82. The summed E-state index contributed by atoms with van der Waals surface area (Å²) in [4.78, 5) is 10.7. The Kier molecular flexibility index (Phi) is 5.20. The Labute approximate surface area is 65.5 Å². The Balaban J connectivity index is 3.26. The van der Waals surface area contributed by atoms with E-state index in [4.69, 9.17) is 4.74 Å². The molecule has 0 aromatic rings. The van der Waals surface area contributed by atoms with Crippen molar-refractivity contribution in [1.29, 1.82) is 0 Å². The van der Waals surface area contributed by atoms with E-state index in [2.05, 4.69) is 5.32 Å². The van der Waals surface area contributed by atoms with Crippen molar-refractivity contribution in [3.63, 3.8) is 0 Å². The number of thioether (sulfide) groups is 1. The van der Waals surface area contributed by atoms with E-state index in [1.807, 2.05) is 20.1 Å². The molecular formula is C6H13NO2S. The zero-order valence-corrected chi connectivity index (χ0v) is 7.33. The molecule has 0 spiro atoms. The molecule has 4 heteroatoms. The van der Waals surface area contributed by atoms with Gasteiger partial charge in [0.15, 0.2) is 0 Å². The van der Waals surface area contributed by atoms with Crippen molar-refractivity contribution in [2.24, 2.45) is 0 Å². The maximum Gasteiger partial charge on any atom is 0.408 e. The SMILES string of the molecule is CSCNC(=O)OC(C)C. The number of carbonyl (C=O) groups excluding carboxylic acids is 1. The fourth-order valence-electron chi connectivity index (χ4n) is 0.387. The highest BCUT2D eigenvalue weighted by atomic mass is 32.2. The largest absolute Gasteiger partial charge is 0.447 e. The third kappa shape index (κ3) is 5.75. The van der Waals surface area contributed by atoms with E-state index in [9.17, 15) is 4.79 Å². The second-order valence-corrected chi connectivity index (χ2v) is 2.93. The fourth-order valence-corrected chi connectivity index (χ4v) is 0.649. The molecule has 0 bridgehead atoms. The molecule has 0 rings (SSSR count). The molecule has 0 aliphatic rings. The molecule has 0 aliphatic carbocycles. The Morgan fingerprint density at radius 1 is 1.70 bits per heavy atom. The summed E-state index contributed by atoms with van der Waals surface area (Å²) in [5.41, 5.74) is 0. The van der Waals surface area contributed by atoms with Crippen LogP contribution in [0.25, 0.3) is 0 Å². The Morgan fingerprint density at radius 2 is 2.30 bits per heavy atom. The summed E-state index contributed by atoms with van der Waals surface area (Å²) in [6.07, 6.45) is 1.53. The molecule has 10 heavy (non-hydrogen) atoms. The van der Waals surface area contributed by atoms with E-state index in [1.165, 1.54) is 0 Å². The molecule has 3 nitrogen and oxygen atoms in total. The normalized spacial score (nSPS) is 9.60. The molecule has 0 saturated heterocycles. The van der Waals surface area contributed by atoms with Crippen molar-refractivity contribution in [3.8, 4) is 0 Å².